The van der Waals surface area contributed by atoms with Crippen LogP contribution in [0.3, 0.4) is 0 Å². The molecule has 0 radical (unpaired) electrons. The van der Waals surface area contributed by atoms with Gasteiger partial charge in [-0.2, -0.15) is 0 Å². The van der Waals surface area contributed by atoms with Gasteiger partial charge in [0, 0.05) is 17.5 Å². The van der Waals surface area contributed by atoms with Gasteiger partial charge in [0.05, 0.1) is 23.8 Å². The van der Waals surface area contributed by atoms with Gasteiger partial charge >= 0.3 is 0 Å². The van der Waals surface area contributed by atoms with Crippen molar-refractivity contribution in [1.29, 1.82) is 0 Å². The first kappa shape index (κ1) is 19.3. The zero-order chi connectivity index (χ0) is 21.5. The van der Waals surface area contributed by atoms with Gasteiger partial charge in [-0.05, 0) is 54.6 Å². The highest BCUT2D eigenvalue weighted by Crippen LogP contribution is 2.39. The van der Waals surface area contributed by atoms with Crippen LogP contribution in [0.4, 0.5) is 19.0 Å². The van der Waals surface area contributed by atoms with Gasteiger partial charge in [0.25, 0.3) is 0 Å². The van der Waals surface area contributed by atoms with E-state index in [9.17, 15) is 18.3 Å². The Bertz CT molecular complexity index is 1270. The summed E-state index contributed by atoms with van der Waals surface area (Å²) in [5.41, 5.74) is 2.46. The Labute approximate surface area is 175 Å². The second-order valence-corrected chi connectivity index (χ2v) is 7.47. The van der Waals surface area contributed by atoms with Gasteiger partial charge in [-0.3, -0.25) is 0 Å². The van der Waals surface area contributed by atoms with Crippen molar-refractivity contribution in [3.8, 4) is 17.0 Å². The van der Waals surface area contributed by atoms with Gasteiger partial charge in [0.1, 0.15) is 41.2 Å². The number of aromatic hydroxyl groups is 1. The molecule has 156 valence electrons. The summed E-state index contributed by atoms with van der Waals surface area (Å²) in [6.07, 6.45) is 0.259. The fourth-order valence-electron chi connectivity index (χ4n) is 4.02. The molecule has 8 heteroatoms. The highest BCUT2D eigenvalue weighted by molar-refractivity contribution is 5.89. The van der Waals surface area contributed by atoms with E-state index in [1.807, 2.05) is 0 Å². The highest BCUT2D eigenvalue weighted by Gasteiger charge is 2.36. The predicted molar refractivity (Wildman–Crippen MR) is 110 cm³/mol. The lowest BCUT2D eigenvalue weighted by atomic mass is 10.0. The van der Waals surface area contributed by atoms with Crippen LogP contribution in [0.25, 0.3) is 22.3 Å². The number of phenols is 1. The average molecular weight is 422 g/mol. The smallest absolute Gasteiger partial charge is 0.130 e. The highest BCUT2D eigenvalue weighted by atomic mass is 19.1. The van der Waals surface area contributed by atoms with E-state index in [4.69, 9.17) is 0 Å². The van der Waals surface area contributed by atoms with Crippen LogP contribution < -0.4 is 4.90 Å². The number of aromatic nitrogens is 3. The van der Waals surface area contributed by atoms with E-state index in [2.05, 4.69) is 15.0 Å². The van der Waals surface area contributed by atoms with E-state index in [1.54, 1.807) is 41.3 Å². The van der Waals surface area contributed by atoms with Crippen molar-refractivity contribution in [2.24, 2.45) is 0 Å². The summed E-state index contributed by atoms with van der Waals surface area (Å²) >= 11 is 0. The summed E-state index contributed by atoms with van der Waals surface area (Å²) in [6.45, 7) is 0.0152. The van der Waals surface area contributed by atoms with Gasteiger partial charge in [0.15, 0.2) is 0 Å². The van der Waals surface area contributed by atoms with Crippen LogP contribution >= 0.6 is 0 Å². The maximum Gasteiger partial charge on any atom is 0.130 e. The lowest BCUT2D eigenvalue weighted by molar-refractivity contribution is 0.355. The molecule has 5 nitrogen and oxygen atoms in total. The van der Waals surface area contributed by atoms with Crippen LogP contribution in [0.1, 0.15) is 18.0 Å². The Balaban J connectivity index is 1.61. The topological polar surface area (TPSA) is 62.1 Å². The SMILES string of the molecule is Oc1ccc(-c2ncnc3ccc(N4C[C@@H](F)C[C@@H]4c4cc(F)ccc4F)nc23)cc1. The first-order valence-electron chi connectivity index (χ1n) is 9.76. The lowest BCUT2D eigenvalue weighted by Gasteiger charge is -2.26. The number of hydrogen-bond donors (Lipinski definition) is 1. The van der Waals surface area contributed by atoms with Gasteiger partial charge in [-0.15, -0.1) is 0 Å². The number of alkyl halides is 1. The monoisotopic (exact) mass is 422 g/mol. The number of hydrogen-bond acceptors (Lipinski definition) is 5. The molecule has 2 aromatic carbocycles. The molecule has 4 aromatic rings. The summed E-state index contributed by atoms with van der Waals surface area (Å²) in [5.74, 6) is -0.606. The number of phenolic OH excluding ortho intramolecular Hbond substituents is 1. The van der Waals surface area contributed by atoms with Crippen molar-refractivity contribution in [2.75, 3.05) is 11.4 Å². The zero-order valence-electron chi connectivity index (χ0n) is 16.2. The first-order valence-corrected chi connectivity index (χ1v) is 9.76. The van der Waals surface area contributed by atoms with Gasteiger partial charge in [-0.25, -0.2) is 28.1 Å². The molecule has 0 amide bonds. The minimum Gasteiger partial charge on any atom is -0.508 e. The molecule has 5 rings (SSSR count). The molecule has 0 saturated carbocycles. The molecular formula is C23H17F3N4O. The number of benzene rings is 2. The van der Waals surface area contributed by atoms with E-state index in [-0.39, 0.29) is 24.3 Å². The lowest BCUT2D eigenvalue weighted by Crippen LogP contribution is -2.25. The third-order valence-electron chi connectivity index (χ3n) is 5.47. The first-order chi connectivity index (χ1) is 15.0. The number of rotatable bonds is 3. The zero-order valence-corrected chi connectivity index (χ0v) is 16.2. The molecule has 2 atom stereocenters. The summed E-state index contributed by atoms with van der Waals surface area (Å²) < 4.78 is 42.6. The summed E-state index contributed by atoms with van der Waals surface area (Å²) in [6, 6.07) is 12.5. The summed E-state index contributed by atoms with van der Waals surface area (Å²) in [7, 11) is 0. The average Bonchev–Trinajstić information content (AvgIpc) is 3.16. The van der Waals surface area contributed by atoms with Gasteiger partial charge in [-0.1, -0.05) is 0 Å². The minimum absolute atomic E-state index is 0.0152. The van der Waals surface area contributed by atoms with Crippen molar-refractivity contribution >= 4 is 16.9 Å². The van der Waals surface area contributed by atoms with Crippen molar-refractivity contribution in [2.45, 2.75) is 18.6 Å². The molecule has 1 N–H and O–H groups in total. The Morgan fingerprint density at radius 1 is 0.968 bits per heavy atom. The quantitative estimate of drug-likeness (QED) is 0.505. The van der Waals surface area contributed by atoms with E-state index in [1.165, 1.54) is 6.33 Å². The second-order valence-electron chi connectivity index (χ2n) is 7.47. The van der Waals surface area contributed by atoms with E-state index >= 15 is 0 Å². The van der Waals surface area contributed by atoms with Crippen LogP contribution in [0.5, 0.6) is 5.75 Å². The third kappa shape index (κ3) is 3.54. The maximum atomic E-state index is 14.4. The standard InChI is InChI=1S/C23H17F3N4O/c24-14-3-6-18(26)17(9-14)20-10-15(25)11-30(20)21-8-7-19-23(29-21)22(28-12-27-19)13-1-4-16(31)5-2-13/h1-9,12,15,20,31H,10-11H2/t15-,20+/m0/s1. The van der Waals surface area contributed by atoms with Crippen LogP contribution in [0.2, 0.25) is 0 Å². The maximum absolute atomic E-state index is 14.4. The van der Waals surface area contributed by atoms with Crippen LogP contribution in [-0.4, -0.2) is 32.8 Å². The Morgan fingerprint density at radius 3 is 2.58 bits per heavy atom. The Morgan fingerprint density at radius 2 is 1.77 bits per heavy atom. The fourth-order valence-corrected chi connectivity index (χ4v) is 4.02. The summed E-state index contributed by atoms with van der Waals surface area (Å²) in [4.78, 5) is 14.9. The van der Waals surface area contributed by atoms with Crippen molar-refractivity contribution in [3.63, 3.8) is 0 Å². The number of anilines is 1. The normalized spacial score (nSPS) is 18.6. The molecule has 1 fully saturated rings. The van der Waals surface area contributed by atoms with Crippen molar-refractivity contribution < 1.29 is 18.3 Å². The van der Waals surface area contributed by atoms with Crippen molar-refractivity contribution in [1.82, 2.24) is 15.0 Å². The molecule has 0 spiro atoms. The molecule has 0 bridgehead atoms. The number of pyridine rings is 1. The Hall–Kier alpha value is -3.68. The number of fused-ring (bicyclic) bond motifs is 1. The van der Waals surface area contributed by atoms with Crippen molar-refractivity contribution in [3.05, 3.63) is 78.1 Å². The van der Waals surface area contributed by atoms with Crippen LogP contribution in [-0.2, 0) is 0 Å². The van der Waals surface area contributed by atoms with Crippen LogP contribution in [0.15, 0.2) is 60.9 Å². The van der Waals surface area contributed by atoms with Crippen LogP contribution in [0, 0.1) is 11.6 Å². The molecule has 3 heterocycles. The number of halogens is 3. The fraction of sp³-hybridized carbons (Fsp3) is 0.174. The summed E-state index contributed by atoms with van der Waals surface area (Å²) in [5, 5.41) is 9.56. The van der Waals surface area contributed by atoms with Gasteiger partial charge in [0.2, 0.25) is 0 Å². The largest absolute Gasteiger partial charge is 0.508 e. The molecule has 0 unspecified atom stereocenters. The minimum atomic E-state index is -1.20. The number of nitrogens with zero attached hydrogens (tertiary/aromatic N) is 4. The molecule has 1 aliphatic heterocycles. The van der Waals surface area contributed by atoms with Gasteiger partial charge < -0.3 is 10.0 Å². The van der Waals surface area contributed by atoms with E-state index in [0.29, 0.717) is 22.5 Å². The molecule has 1 saturated heterocycles. The Kier molecular flexibility index (Phi) is 4.69. The third-order valence-corrected chi connectivity index (χ3v) is 5.47. The predicted octanol–water partition coefficient (Wildman–Crippen LogP) is 4.97. The molecule has 2 aromatic heterocycles. The van der Waals surface area contributed by atoms with E-state index in [0.717, 1.165) is 23.8 Å². The molecular weight excluding hydrogens is 405 g/mol. The second kappa shape index (κ2) is 7.54. The van der Waals surface area contributed by atoms with E-state index < -0.39 is 23.8 Å². The molecule has 0 aliphatic carbocycles. The molecule has 31 heavy (non-hydrogen) atoms. The molecule has 1 aliphatic rings.